The largest absolute Gasteiger partial charge is 0.295 e. The first-order chi connectivity index (χ1) is 9.40. The number of aryl methyl sites for hydroxylation is 2. The summed E-state index contributed by atoms with van der Waals surface area (Å²) in [5.74, 6) is 0.0621. The monoisotopic (exact) mass is 267 g/mol. The first-order valence-corrected chi connectivity index (χ1v) is 6.49. The van der Waals surface area contributed by atoms with Crippen LogP contribution < -0.4 is 0 Å². The van der Waals surface area contributed by atoms with Crippen molar-refractivity contribution in [1.29, 1.82) is 0 Å². The van der Waals surface area contributed by atoms with Gasteiger partial charge in [0.25, 0.3) is 0 Å². The number of carbonyl (C=O) groups is 2. The second-order valence-corrected chi connectivity index (χ2v) is 5.03. The van der Waals surface area contributed by atoms with Crippen LogP contribution in [0.25, 0.3) is 11.3 Å². The van der Waals surface area contributed by atoms with Crippen molar-refractivity contribution in [3.63, 3.8) is 0 Å². The van der Waals surface area contributed by atoms with Gasteiger partial charge in [-0.15, -0.1) is 0 Å². The highest BCUT2D eigenvalue weighted by molar-refractivity contribution is 5.95. The van der Waals surface area contributed by atoms with Gasteiger partial charge in [0.1, 0.15) is 0 Å². The van der Waals surface area contributed by atoms with Crippen molar-refractivity contribution in [3.8, 4) is 11.3 Å². The summed E-state index contributed by atoms with van der Waals surface area (Å²) in [7, 11) is 0. The summed E-state index contributed by atoms with van der Waals surface area (Å²) in [6.45, 7) is 6.98. The SMILES string of the molecule is CC(=O)c1ccc(-c2ncc(C(C)=O)cc2C)c(C)c1. The van der Waals surface area contributed by atoms with Gasteiger partial charge in [-0.25, -0.2) is 0 Å². The maximum absolute atomic E-state index is 11.4. The Kier molecular flexibility index (Phi) is 3.79. The topological polar surface area (TPSA) is 47.0 Å². The first kappa shape index (κ1) is 14.1. The molecule has 2 rings (SSSR count). The summed E-state index contributed by atoms with van der Waals surface area (Å²) >= 11 is 0. The number of benzene rings is 1. The maximum Gasteiger partial charge on any atom is 0.161 e. The molecule has 0 atom stereocenters. The minimum atomic E-state index is 0.01000. The van der Waals surface area contributed by atoms with Crippen molar-refractivity contribution < 1.29 is 9.59 Å². The second-order valence-electron chi connectivity index (χ2n) is 5.03. The van der Waals surface area contributed by atoms with Crippen molar-refractivity contribution >= 4 is 11.6 Å². The Hall–Kier alpha value is -2.29. The molecule has 0 saturated heterocycles. The molecule has 0 spiro atoms. The summed E-state index contributed by atoms with van der Waals surface area (Å²) in [5, 5.41) is 0. The Morgan fingerprint density at radius 3 is 2.00 bits per heavy atom. The summed E-state index contributed by atoms with van der Waals surface area (Å²) < 4.78 is 0. The number of nitrogens with zero attached hydrogens (tertiary/aromatic N) is 1. The van der Waals surface area contributed by atoms with Crippen molar-refractivity contribution in [1.82, 2.24) is 4.98 Å². The smallest absolute Gasteiger partial charge is 0.161 e. The lowest BCUT2D eigenvalue weighted by Crippen LogP contribution is -1.99. The highest BCUT2D eigenvalue weighted by Gasteiger charge is 2.10. The molecule has 3 nitrogen and oxygen atoms in total. The van der Waals surface area contributed by atoms with Crippen LogP contribution in [0.1, 0.15) is 45.7 Å². The minimum Gasteiger partial charge on any atom is -0.295 e. The number of hydrogen-bond donors (Lipinski definition) is 0. The van der Waals surface area contributed by atoms with Gasteiger partial charge in [-0.05, 0) is 51.0 Å². The molecule has 1 heterocycles. The van der Waals surface area contributed by atoms with Crippen LogP contribution in [0.3, 0.4) is 0 Å². The third-order valence-electron chi connectivity index (χ3n) is 3.37. The predicted octanol–water partition coefficient (Wildman–Crippen LogP) is 3.77. The van der Waals surface area contributed by atoms with E-state index in [1.165, 1.54) is 6.92 Å². The summed E-state index contributed by atoms with van der Waals surface area (Å²) in [4.78, 5) is 27.1. The molecule has 0 bridgehead atoms. The Bertz CT molecular complexity index is 641. The third kappa shape index (κ3) is 2.67. The molecule has 0 aliphatic rings. The standard InChI is InChI=1S/C17H17NO2/c1-10-7-14(12(3)19)5-6-16(10)17-11(2)8-15(9-18-17)13(4)20/h5-9H,1-4H3. The fraction of sp³-hybridized carbons (Fsp3) is 0.235. The van der Waals surface area contributed by atoms with Gasteiger partial charge in [0.15, 0.2) is 11.6 Å². The van der Waals surface area contributed by atoms with Gasteiger partial charge in [-0.1, -0.05) is 12.1 Å². The molecule has 0 amide bonds. The molecule has 0 unspecified atom stereocenters. The van der Waals surface area contributed by atoms with Crippen LogP contribution in [0.2, 0.25) is 0 Å². The van der Waals surface area contributed by atoms with Crippen LogP contribution in [0.5, 0.6) is 0 Å². The van der Waals surface area contributed by atoms with E-state index in [9.17, 15) is 9.59 Å². The fourth-order valence-electron chi connectivity index (χ4n) is 2.20. The Morgan fingerprint density at radius 2 is 1.50 bits per heavy atom. The molecule has 20 heavy (non-hydrogen) atoms. The summed E-state index contributed by atoms with van der Waals surface area (Å²) in [6, 6.07) is 7.44. The minimum absolute atomic E-state index is 0.01000. The van der Waals surface area contributed by atoms with Crippen molar-refractivity contribution in [2.45, 2.75) is 27.7 Å². The van der Waals surface area contributed by atoms with E-state index in [4.69, 9.17) is 0 Å². The molecule has 0 N–H and O–H groups in total. The van der Waals surface area contributed by atoms with Gasteiger partial charge in [0.05, 0.1) is 5.69 Å². The van der Waals surface area contributed by atoms with E-state index < -0.39 is 0 Å². The number of ketones is 2. The van der Waals surface area contributed by atoms with E-state index in [2.05, 4.69) is 4.98 Å². The molecule has 0 radical (unpaired) electrons. The van der Waals surface area contributed by atoms with Gasteiger partial charge in [0, 0.05) is 22.9 Å². The summed E-state index contributed by atoms with van der Waals surface area (Å²) in [5.41, 5.74) is 5.11. The lowest BCUT2D eigenvalue weighted by Gasteiger charge is -2.10. The average molecular weight is 267 g/mol. The van der Waals surface area contributed by atoms with E-state index in [0.29, 0.717) is 11.1 Å². The van der Waals surface area contributed by atoms with Crippen LogP contribution in [0.4, 0.5) is 0 Å². The number of carbonyl (C=O) groups excluding carboxylic acids is 2. The van der Waals surface area contributed by atoms with Gasteiger partial charge < -0.3 is 0 Å². The van der Waals surface area contributed by atoms with E-state index in [1.807, 2.05) is 38.1 Å². The molecule has 1 aromatic heterocycles. The Morgan fingerprint density at radius 1 is 0.900 bits per heavy atom. The molecule has 102 valence electrons. The van der Waals surface area contributed by atoms with Gasteiger partial charge in [-0.3, -0.25) is 14.6 Å². The van der Waals surface area contributed by atoms with Crippen molar-refractivity contribution in [3.05, 3.63) is 52.7 Å². The molecule has 3 heteroatoms. The molecule has 1 aromatic carbocycles. The second kappa shape index (κ2) is 5.37. The lowest BCUT2D eigenvalue weighted by molar-refractivity contribution is 0.100. The first-order valence-electron chi connectivity index (χ1n) is 6.49. The molecule has 0 aliphatic heterocycles. The molecule has 0 aliphatic carbocycles. The Balaban J connectivity index is 2.52. The average Bonchev–Trinajstić information content (AvgIpc) is 2.38. The van der Waals surface area contributed by atoms with E-state index in [0.717, 1.165) is 22.4 Å². The van der Waals surface area contributed by atoms with Crippen molar-refractivity contribution in [2.24, 2.45) is 0 Å². The normalized spacial score (nSPS) is 10.4. The molecular weight excluding hydrogens is 250 g/mol. The van der Waals surface area contributed by atoms with Crippen LogP contribution in [-0.4, -0.2) is 16.6 Å². The van der Waals surface area contributed by atoms with Crippen molar-refractivity contribution in [2.75, 3.05) is 0 Å². The number of hydrogen-bond acceptors (Lipinski definition) is 3. The zero-order valence-electron chi connectivity index (χ0n) is 12.2. The zero-order valence-corrected chi connectivity index (χ0v) is 12.2. The van der Waals surface area contributed by atoms with E-state index in [-0.39, 0.29) is 11.6 Å². The number of rotatable bonds is 3. The number of aromatic nitrogens is 1. The number of Topliss-reactive ketones (excluding diaryl/α,β-unsaturated/α-hetero) is 2. The van der Waals surface area contributed by atoms with Gasteiger partial charge >= 0.3 is 0 Å². The summed E-state index contributed by atoms with van der Waals surface area (Å²) in [6.07, 6.45) is 1.60. The van der Waals surface area contributed by atoms with Gasteiger partial charge in [-0.2, -0.15) is 0 Å². The maximum atomic E-state index is 11.4. The van der Waals surface area contributed by atoms with Crippen LogP contribution in [0, 0.1) is 13.8 Å². The highest BCUT2D eigenvalue weighted by atomic mass is 16.1. The molecule has 0 fully saturated rings. The Labute approximate surface area is 118 Å². The van der Waals surface area contributed by atoms with Crippen LogP contribution in [-0.2, 0) is 0 Å². The zero-order chi connectivity index (χ0) is 14.9. The fourth-order valence-corrected chi connectivity index (χ4v) is 2.20. The third-order valence-corrected chi connectivity index (χ3v) is 3.37. The van der Waals surface area contributed by atoms with Gasteiger partial charge in [0.2, 0.25) is 0 Å². The lowest BCUT2D eigenvalue weighted by atomic mass is 9.97. The highest BCUT2D eigenvalue weighted by Crippen LogP contribution is 2.26. The number of pyridine rings is 1. The van der Waals surface area contributed by atoms with E-state index >= 15 is 0 Å². The van der Waals surface area contributed by atoms with E-state index in [1.54, 1.807) is 13.1 Å². The molecule has 0 saturated carbocycles. The predicted molar refractivity (Wildman–Crippen MR) is 79.2 cm³/mol. The quantitative estimate of drug-likeness (QED) is 0.795. The molecular formula is C17H17NO2. The van der Waals surface area contributed by atoms with Crippen LogP contribution >= 0.6 is 0 Å². The molecule has 2 aromatic rings. The van der Waals surface area contributed by atoms with Crippen LogP contribution in [0.15, 0.2) is 30.5 Å².